The number of methoxy groups -OCH3 is 2. The summed E-state index contributed by atoms with van der Waals surface area (Å²) in [5, 5.41) is 7.50. The molecule has 2 aromatic rings. The number of benzene rings is 1. The van der Waals surface area contributed by atoms with Gasteiger partial charge in [-0.3, -0.25) is 4.90 Å². The third-order valence-electron chi connectivity index (χ3n) is 4.10. The summed E-state index contributed by atoms with van der Waals surface area (Å²) >= 11 is 0. The summed E-state index contributed by atoms with van der Waals surface area (Å²) in [5.41, 5.74) is 1.04. The molecule has 124 valence electrons. The van der Waals surface area contributed by atoms with Crippen molar-refractivity contribution in [3.63, 3.8) is 0 Å². The van der Waals surface area contributed by atoms with Gasteiger partial charge in [0.15, 0.2) is 17.3 Å². The summed E-state index contributed by atoms with van der Waals surface area (Å²) in [6.45, 7) is 2.80. The van der Waals surface area contributed by atoms with Gasteiger partial charge in [-0.15, -0.1) is 0 Å². The third kappa shape index (κ3) is 3.46. The molecule has 1 aliphatic rings. The highest BCUT2D eigenvalue weighted by Crippen LogP contribution is 2.28. The van der Waals surface area contributed by atoms with Crippen LogP contribution in [0.15, 0.2) is 22.7 Å². The number of hydrogen-bond donors (Lipinski definition) is 1. The van der Waals surface area contributed by atoms with E-state index in [-0.39, 0.29) is 6.04 Å². The van der Waals surface area contributed by atoms with Crippen LogP contribution in [0.1, 0.15) is 23.3 Å². The summed E-state index contributed by atoms with van der Waals surface area (Å²) in [5.74, 6) is 2.74. The van der Waals surface area contributed by atoms with E-state index in [1.807, 2.05) is 18.2 Å². The minimum atomic E-state index is 0.159. The zero-order valence-electron chi connectivity index (χ0n) is 13.7. The first-order valence-electron chi connectivity index (χ1n) is 7.65. The number of nitrogens with one attached hydrogen (secondary N) is 1. The highest BCUT2D eigenvalue weighted by atomic mass is 16.5. The summed E-state index contributed by atoms with van der Waals surface area (Å²) in [6.07, 6.45) is 0.567. The lowest BCUT2D eigenvalue weighted by Gasteiger charge is -2.30. The Balaban J connectivity index is 1.74. The lowest BCUT2D eigenvalue weighted by Crippen LogP contribution is -2.44. The molecule has 2 heterocycles. The molecule has 7 heteroatoms. The molecular weight excluding hydrogens is 296 g/mol. The molecule has 0 aliphatic carbocycles. The Morgan fingerprint density at radius 1 is 1.30 bits per heavy atom. The molecule has 1 aromatic carbocycles. The highest BCUT2D eigenvalue weighted by Gasteiger charge is 2.25. The maximum atomic E-state index is 5.41. The number of rotatable bonds is 5. The van der Waals surface area contributed by atoms with Crippen molar-refractivity contribution < 1.29 is 14.0 Å². The molecule has 1 atom stereocenters. The second-order valence-corrected chi connectivity index (χ2v) is 5.61. The van der Waals surface area contributed by atoms with Gasteiger partial charge in [-0.2, -0.15) is 4.98 Å². The fourth-order valence-electron chi connectivity index (χ4n) is 2.73. The lowest BCUT2D eigenvalue weighted by molar-refractivity contribution is 0.190. The zero-order chi connectivity index (χ0) is 16.2. The predicted molar refractivity (Wildman–Crippen MR) is 84.9 cm³/mol. The summed E-state index contributed by atoms with van der Waals surface area (Å²) < 4.78 is 16.0. The van der Waals surface area contributed by atoms with E-state index < -0.39 is 0 Å². The van der Waals surface area contributed by atoms with E-state index in [9.17, 15) is 0 Å². The van der Waals surface area contributed by atoms with Crippen molar-refractivity contribution in [2.24, 2.45) is 0 Å². The van der Waals surface area contributed by atoms with E-state index in [4.69, 9.17) is 14.0 Å². The van der Waals surface area contributed by atoms with E-state index in [1.54, 1.807) is 14.2 Å². The second kappa shape index (κ2) is 6.97. The molecule has 3 rings (SSSR count). The molecular formula is C16H22N4O3. The van der Waals surface area contributed by atoms with Crippen LogP contribution in [0.4, 0.5) is 0 Å². The van der Waals surface area contributed by atoms with Gasteiger partial charge in [0, 0.05) is 19.6 Å². The van der Waals surface area contributed by atoms with Gasteiger partial charge in [0.2, 0.25) is 5.89 Å². The van der Waals surface area contributed by atoms with E-state index in [2.05, 4.69) is 27.4 Å². The number of piperazine rings is 1. The van der Waals surface area contributed by atoms with E-state index >= 15 is 0 Å². The number of likely N-dealkylation sites (N-methyl/N-ethyl adjacent to an activating group) is 1. The Morgan fingerprint density at radius 2 is 2.13 bits per heavy atom. The quantitative estimate of drug-likeness (QED) is 0.889. The maximum absolute atomic E-state index is 5.41. The Labute approximate surface area is 135 Å². The van der Waals surface area contributed by atoms with Gasteiger partial charge in [-0.05, 0) is 24.7 Å². The second-order valence-electron chi connectivity index (χ2n) is 5.61. The SMILES string of the molecule is COc1ccc(Cc2nc(C3CNCCN3C)no2)cc1OC. The van der Waals surface area contributed by atoms with Crippen molar-refractivity contribution in [2.75, 3.05) is 40.9 Å². The van der Waals surface area contributed by atoms with Crippen molar-refractivity contribution in [3.05, 3.63) is 35.5 Å². The van der Waals surface area contributed by atoms with Crippen molar-refractivity contribution in [1.82, 2.24) is 20.4 Å². The Kier molecular flexibility index (Phi) is 4.78. The first-order valence-corrected chi connectivity index (χ1v) is 7.65. The molecule has 1 fully saturated rings. The monoisotopic (exact) mass is 318 g/mol. The van der Waals surface area contributed by atoms with Crippen molar-refractivity contribution in [2.45, 2.75) is 12.5 Å². The molecule has 1 saturated heterocycles. The van der Waals surface area contributed by atoms with Gasteiger partial charge in [0.1, 0.15) is 0 Å². The maximum Gasteiger partial charge on any atom is 0.231 e. The lowest BCUT2D eigenvalue weighted by atomic mass is 10.1. The Hall–Kier alpha value is -2.12. The van der Waals surface area contributed by atoms with Crippen LogP contribution in [0.25, 0.3) is 0 Å². The summed E-state index contributed by atoms with van der Waals surface area (Å²) in [6, 6.07) is 5.94. The molecule has 0 bridgehead atoms. The average molecular weight is 318 g/mol. The van der Waals surface area contributed by atoms with E-state index in [0.29, 0.717) is 23.8 Å². The number of ether oxygens (including phenoxy) is 2. The third-order valence-corrected chi connectivity index (χ3v) is 4.10. The van der Waals surface area contributed by atoms with Gasteiger partial charge in [-0.1, -0.05) is 11.2 Å². The Morgan fingerprint density at radius 3 is 2.87 bits per heavy atom. The molecule has 1 unspecified atom stereocenters. The standard InChI is InChI=1S/C16H22N4O3/c1-20-7-6-17-10-12(20)16-18-15(23-19-16)9-11-4-5-13(21-2)14(8-11)22-3/h4-5,8,12,17H,6-7,9-10H2,1-3H3. The Bertz CT molecular complexity index is 659. The molecule has 0 amide bonds. The van der Waals surface area contributed by atoms with Crippen molar-refractivity contribution in [1.29, 1.82) is 0 Å². The minimum absolute atomic E-state index is 0.159. The predicted octanol–water partition coefficient (Wildman–Crippen LogP) is 1.25. The van der Waals surface area contributed by atoms with Crippen LogP contribution in [0, 0.1) is 0 Å². The summed E-state index contributed by atoms with van der Waals surface area (Å²) in [7, 11) is 5.32. The highest BCUT2D eigenvalue weighted by molar-refractivity contribution is 5.43. The van der Waals surface area contributed by atoms with Crippen LogP contribution in [-0.4, -0.2) is 55.9 Å². The van der Waals surface area contributed by atoms with Gasteiger partial charge in [0.25, 0.3) is 0 Å². The first-order chi connectivity index (χ1) is 11.2. The molecule has 1 aromatic heterocycles. The fourth-order valence-corrected chi connectivity index (χ4v) is 2.73. The van der Waals surface area contributed by atoms with Gasteiger partial charge < -0.3 is 19.3 Å². The first kappa shape index (κ1) is 15.8. The van der Waals surface area contributed by atoms with Crippen molar-refractivity contribution in [3.8, 4) is 11.5 Å². The van der Waals surface area contributed by atoms with Gasteiger partial charge in [-0.25, -0.2) is 0 Å². The molecule has 0 radical (unpaired) electrons. The smallest absolute Gasteiger partial charge is 0.231 e. The van der Waals surface area contributed by atoms with Crippen LogP contribution in [0.2, 0.25) is 0 Å². The van der Waals surface area contributed by atoms with E-state index in [0.717, 1.165) is 31.0 Å². The number of aromatic nitrogens is 2. The van der Waals surface area contributed by atoms with Crippen LogP contribution in [0.3, 0.4) is 0 Å². The normalized spacial score (nSPS) is 18.8. The van der Waals surface area contributed by atoms with Gasteiger partial charge >= 0.3 is 0 Å². The summed E-state index contributed by atoms with van der Waals surface area (Å²) in [4.78, 5) is 6.78. The minimum Gasteiger partial charge on any atom is -0.493 e. The number of nitrogens with zero attached hydrogens (tertiary/aromatic N) is 3. The van der Waals surface area contributed by atoms with Crippen LogP contribution in [0.5, 0.6) is 11.5 Å². The van der Waals surface area contributed by atoms with E-state index in [1.165, 1.54) is 0 Å². The average Bonchev–Trinajstić information content (AvgIpc) is 3.03. The molecule has 1 N–H and O–H groups in total. The largest absolute Gasteiger partial charge is 0.493 e. The molecule has 7 nitrogen and oxygen atoms in total. The van der Waals surface area contributed by atoms with Crippen molar-refractivity contribution >= 4 is 0 Å². The molecule has 23 heavy (non-hydrogen) atoms. The zero-order valence-corrected chi connectivity index (χ0v) is 13.7. The van der Waals surface area contributed by atoms with Gasteiger partial charge in [0.05, 0.1) is 26.7 Å². The molecule has 0 saturated carbocycles. The topological polar surface area (TPSA) is 72.7 Å². The van der Waals surface area contributed by atoms with Crippen LogP contribution in [-0.2, 0) is 6.42 Å². The number of hydrogen-bond acceptors (Lipinski definition) is 7. The van der Waals surface area contributed by atoms with Crippen LogP contribution >= 0.6 is 0 Å². The van der Waals surface area contributed by atoms with Crippen LogP contribution < -0.4 is 14.8 Å². The molecule has 0 spiro atoms. The fraction of sp³-hybridized carbons (Fsp3) is 0.500. The molecule has 1 aliphatic heterocycles.